The van der Waals surface area contributed by atoms with Crippen molar-refractivity contribution in [1.29, 1.82) is 0 Å². The van der Waals surface area contributed by atoms with Crippen LogP contribution in [0.1, 0.15) is 11.1 Å². The summed E-state index contributed by atoms with van der Waals surface area (Å²) in [6, 6.07) is 5.85. The first-order valence-electron chi connectivity index (χ1n) is 7.52. The standard InChI is InChI=1S/C16H23N3O3/c1-13-3-4-15(11-14(13)2)22-10-5-17-16(21)19-8-6-18(12-20)7-9-19/h3-4,11-12H,5-10H2,1-2H3,(H,17,21). The quantitative estimate of drug-likeness (QED) is 0.656. The van der Waals surface area contributed by atoms with E-state index >= 15 is 0 Å². The van der Waals surface area contributed by atoms with Crippen LogP contribution >= 0.6 is 0 Å². The van der Waals surface area contributed by atoms with Crippen molar-refractivity contribution in [2.75, 3.05) is 39.3 Å². The zero-order valence-corrected chi connectivity index (χ0v) is 13.2. The van der Waals surface area contributed by atoms with Crippen LogP contribution in [0.25, 0.3) is 0 Å². The van der Waals surface area contributed by atoms with Crippen LogP contribution in [0.2, 0.25) is 0 Å². The number of hydrogen-bond acceptors (Lipinski definition) is 3. The van der Waals surface area contributed by atoms with E-state index in [0.29, 0.717) is 39.3 Å². The molecule has 0 saturated carbocycles. The first kappa shape index (κ1) is 16.1. The van der Waals surface area contributed by atoms with Crippen molar-refractivity contribution in [3.8, 4) is 5.75 Å². The number of piperazine rings is 1. The molecule has 1 heterocycles. The summed E-state index contributed by atoms with van der Waals surface area (Å²) in [6.07, 6.45) is 0.826. The summed E-state index contributed by atoms with van der Waals surface area (Å²) in [5.74, 6) is 0.817. The molecule has 1 N–H and O–H groups in total. The minimum Gasteiger partial charge on any atom is -0.492 e. The van der Waals surface area contributed by atoms with Gasteiger partial charge in [-0.2, -0.15) is 0 Å². The molecule has 1 saturated heterocycles. The Morgan fingerprint density at radius 1 is 1.23 bits per heavy atom. The Balaban J connectivity index is 1.67. The molecular weight excluding hydrogens is 282 g/mol. The van der Waals surface area contributed by atoms with Crippen molar-refractivity contribution in [1.82, 2.24) is 15.1 Å². The number of urea groups is 1. The number of nitrogens with zero attached hydrogens (tertiary/aromatic N) is 2. The Bertz CT molecular complexity index is 525. The molecule has 120 valence electrons. The molecule has 2 rings (SSSR count). The number of aryl methyl sites for hydroxylation is 2. The van der Waals surface area contributed by atoms with Crippen molar-refractivity contribution < 1.29 is 14.3 Å². The van der Waals surface area contributed by atoms with Crippen LogP contribution < -0.4 is 10.1 Å². The molecule has 0 aromatic heterocycles. The average Bonchev–Trinajstić information content (AvgIpc) is 2.54. The van der Waals surface area contributed by atoms with Crippen molar-refractivity contribution in [3.63, 3.8) is 0 Å². The molecule has 3 amide bonds. The molecule has 6 heteroatoms. The smallest absolute Gasteiger partial charge is 0.317 e. The molecule has 1 fully saturated rings. The zero-order valence-electron chi connectivity index (χ0n) is 13.2. The summed E-state index contributed by atoms with van der Waals surface area (Å²) in [7, 11) is 0. The van der Waals surface area contributed by atoms with Crippen molar-refractivity contribution in [3.05, 3.63) is 29.3 Å². The minimum absolute atomic E-state index is 0.103. The van der Waals surface area contributed by atoms with E-state index in [9.17, 15) is 9.59 Å². The summed E-state index contributed by atoms with van der Waals surface area (Å²) < 4.78 is 5.63. The summed E-state index contributed by atoms with van der Waals surface area (Å²) in [4.78, 5) is 26.0. The van der Waals surface area contributed by atoms with Gasteiger partial charge in [0.25, 0.3) is 0 Å². The highest BCUT2D eigenvalue weighted by molar-refractivity contribution is 5.74. The molecule has 1 aromatic carbocycles. The fourth-order valence-electron chi connectivity index (χ4n) is 2.27. The SMILES string of the molecule is Cc1ccc(OCCNC(=O)N2CCN(C=O)CC2)cc1C. The Kier molecular flexibility index (Phi) is 5.63. The third-order valence-corrected chi connectivity index (χ3v) is 3.88. The lowest BCUT2D eigenvalue weighted by Gasteiger charge is -2.32. The van der Waals surface area contributed by atoms with Crippen LogP contribution in [0.3, 0.4) is 0 Å². The number of nitrogens with one attached hydrogen (secondary N) is 1. The van der Waals surface area contributed by atoms with E-state index in [-0.39, 0.29) is 6.03 Å². The van der Waals surface area contributed by atoms with Gasteiger partial charge in [-0.3, -0.25) is 4.79 Å². The number of ether oxygens (including phenoxy) is 1. The molecule has 0 atom stereocenters. The molecule has 0 radical (unpaired) electrons. The molecule has 22 heavy (non-hydrogen) atoms. The van der Waals surface area contributed by atoms with Crippen LogP contribution in [0.5, 0.6) is 5.75 Å². The number of rotatable bonds is 5. The maximum atomic E-state index is 12.0. The van der Waals surface area contributed by atoms with Crippen LogP contribution in [0.15, 0.2) is 18.2 Å². The van der Waals surface area contributed by atoms with Gasteiger partial charge in [-0.15, -0.1) is 0 Å². The number of amides is 3. The van der Waals surface area contributed by atoms with Crippen molar-refractivity contribution in [2.45, 2.75) is 13.8 Å². The Morgan fingerprint density at radius 3 is 2.59 bits per heavy atom. The van der Waals surface area contributed by atoms with Crippen molar-refractivity contribution in [2.24, 2.45) is 0 Å². The topological polar surface area (TPSA) is 61.9 Å². The summed E-state index contributed by atoms with van der Waals surface area (Å²) in [5.41, 5.74) is 2.42. The van der Waals surface area contributed by atoms with Gasteiger partial charge >= 0.3 is 6.03 Å². The second kappa shape index (κ2) is 7.68. The maximum Gasteiger partial charge on any atom is 0.317 e. The monoisotopic (exact) mass is 305 g/mol. The third kappa shape index (κ3) is 4.38. The summed E-state index contributed by atoms with van der Waals surface area (Å²) in [5, 5.41) is 2.84. The lowest BCUT2D eigenvalue weighted by Crippen LogP contribution is -2.51. The van der Waals surface area contributed by atoms with Crippen LogP contribution in [0, 0.1) is 13.8 Å². The maximum absolute atomic E-state index is 12.0. The van der Waals surface area contributed by atoms with E-state index in [0.717, 1.165) is 12.2 Å². The number of hydrogen-bond donors (Lipinski definition) is 1. The number of benzene rings is 1. The molecule has 1 aromatic rings. The molecule has 0 bridgehead atoms. The Hall–Kier alpha value is -2.24. The second-order valence-corrected chi connectivity index (χ2v) is 5.45. The van der Waals surface area contributed by atoms with Gasteiger partial charge < -0.3 is 19.9 Å². The molecular formula is C16H23N3O3. The third-order valence-electron chi connectivity index (χ3n) is 3.88. The number of carbonyl (C=O) groups excluding carboxylic acids is 2. The molecule has 1 aliphatic rings. The van der Waals surface area contributed by atoms with E-state index in [1.807, 2.05) is 25.1 Å². The average molecular weight is 305 g/mol. The highest BCUT2D eigenvalue weighted by Gasteiger charge is 2.19. The number of carbonyl (C=O) groups is 2. The van der Waals surface area contributed by atoms with Gasteiger partial charge in [-0.05, 0) is 37.1 Å². The normalized spacial score (nSPS) is 14.6. The molecule has 0 unspecified atom stereocenters. The lowest BCUT2D eigenvalue weighted by atomic mass is 10.1. The molecule has 6 nitrogen and oxygen atoms in total. The predicted octanol–water partition coefficient (Wildman–Crippen LogP) is 1.17. The van der Waals surface area contributed by atoms with Gasteiger partial charge in [0.2, 0.25) is 6.41 Å². The Labute approximate surface area is 131 Å². The fourth-order valence-corrected chi connectivity index (χ4v) is 2.27. The van der Waals surface area contributed by atoms with E-state index < -0.39 is 0 Å². The van der Waals surface area contributed by atoms with E-state index in [1.54, 1.807) is 9.80 Å². The minimum atomic E-state index is -0.103. The van der Waals surface area contributed by atoms with Crippen LogP contribution in [-0.2, 0) is 4.79 Å². The zero-order chi connectivity index (χ0) is 15.9. The highest BCUT2D eigenvalue weighted by Crippen LogP contribution is 2.16. The second-order valence-electron chi connectivity index (χ2n) is 5.45. The fraction of sp³-hybridized carbons (Fsp3) is 0.500. The van der Waals surface area contributed by atoms with Gasteiger partial charge in [0.1, 0.15) is 12.4 Å². The lowest BCUT2D eigenvalue weighted by molar-refractivity contribution is -0.119. The van der Waals surface area contributed by atoms with Gasteiger partial charge in [0, 0.05) is 26.2 Å². The molecule has 1 aliphatic heterocycles. The van der Waals surface area contributed by atoms with Gasteiger partial charge in [0.05, 0.1) is 6.54 Å². The highest BCUT2D eigenvalue weighted by atomic mass is 16.5. The van der Waals surface area contributed by atoms with Crippen LogP contribution in [0.4, 0.5) is 4.79 Å². The van der Waals surface area contributed by atoms with Crippen molar-refractivity contribution >= 4 is 12.4 Å². The summed E-state index contributed by atoms with van der Waals surface area (Å²) in [6.45, 7) is 7.33. The molecule has 0 aliphatic carbocycles. The van der Waals surface area contributed by atoms with Crippen LogP contribution in [-0.4, -0.2) is 61.6 Å². The first-order valence-corrected chi connectivity index (χ1v) is 7.52. The van der Waals surface area contributed by atoms with E-state index in [2.05, 4.69) is 12.2 Å². The van der Waals surface area contributed by atoms with Gasteiger partial charge in [0.15, 0.2) is 0 Å². The Morgan fingerprint density at radius 2 is 1.95 bits per heavy atom. The largest absolute Gasteiger partial charge is 0.492 e. The van der Waals surface area contributed by atoms with Gasteiger partial charge in [-0.1, -0.05) is 6.07 Å². The van der Waals surface area contributed by atoms with Gasteiger partial charge in [-0.25, -0.2) is 4.79 Å². The predicted molar refractivity (Wildman–Crippen MR) is 84.0 cm³/mol. The first-order chi connectivity index (χ1) is 10.6. The summed E-state index contributed by atoms with van der Waals surface area (Å²) >= 11 is 0. The van der Waals surface area contributed by atoms with E-state index in [1.165, 1.54) is 11.1 Å². The molecule has 0 spiro atoms. The van der Waals surface area contributed by atoms with E-state index in [4.69, 9.17) is 4.74 Å².